The summed E-state index contributed by atoms with van der Waals surface area (Å²) in [4.78, 5) is 12.1. The normalized spacial score (nSPS) is 12.9. The van der Waals surface area contributed by atoms with Crippen LogP contribution in [0, 0.1) is 0 Å². The molecule has 1 aliphatic rings. The topological polar surface area (TPSA) is 56.8 Å². The average molecular weight is 346 g/mol. The van der Waals surface area contributed by atoms with E-state index in [-0.39, 0.29) is 5.91 Å². The van der Waals surface area contributed by atoms with Gasteiger partial charge in [0.1, 0.15) is 13.2 Å². The Morgan fingerprint density at radius 2 is 2.00 bits per heavy atom. The summed E-state index contributed by atoms with van der Waals surface area (Å²) >= 11 is 6.03. The molecule has 0 spiro atoms. The van der Waals surface area contributed by atoms with Gasteiger partial charge in [0, 0.05) is 6.08 Å². The average Bonchev–Trinajstić information content (AvgIpc) is 2.60. The van der Waals surface area contributed by atoms with Gasteiger partial charge in [0.15, 0.2) is 17.2 Å². The van der Waals surface area contributed by atoms with Gasteiger partial charge in [-0.05, 0) is 35.9 Å². The molecule has 0 unspecified atom stereocenters. The predicted molar refractivity (Wildman–Crippen MR) is 93.1 cm³/mol. The van der Waals surface area contributed by atoms with Crippen LogP contribution in [0.4, 0.5) is 5.69 Å². The van der Waals surface area contributed by atoms with Gasteiger partial charge in [-0.3, -0.25) is 4.79 Å². The monoisotopic (exact) mass is 345 g/mol. The molecule has 0 radical (unpaired) electrons. The predicted octanol–water partition coefficient (Wildman–Crippen LogP) is 3.77. The maximum atomic E-state index is 12.1. The Morgan fingerprint density at radius 1 is 1.21 bits per heavy atom. The van der Waals surface area contributed by atoms with E-state index in [1.807, 2.05) is 18.2 Å². The van der Waals surface area contributed by atoms with Crippen LogP contribution in [0.5, 0.6) is 17.2 Å². The Kier molecular flexibility index (Phi) is 4.91. The lowest BCUT2D eigenvalue weighted by Crippen LogP contribution is -2.15. The van der Waals surface area contributed by atoms with Crippen LogP contribution in [0.2, 0.25) is 5.02 Å². The van der Waals surface area contributed by atoms with Crippen molar-refractivity contribution in [1.29, 1.82) is 0 Å². The molecule has 0 bridgehead atoms. The first-order valence-electron chi connectivity index (χ1n) is 7.38. The molecular weight excluding hydrogens is 330 g/mol. The molecule has 0 aromatic heterocycles. The Bertz CT molecular complexity index is 789. The first-order valence-corrected chi connectivity index (χ1v) is 7.76. The van der Waals surface area contributed by atoms with E-state index >= 15 is 0 Å². The van der Waals surface area contributed by atoms with Gasteiger partial charge in [0.05, 0.1) is 17.8 Å². The molecular formula is C18H16ClNO4. The molecule has 6 heteroatoms. The van der Waals surface area contributed by atoms with E-state index in [1.165, 1.54) is 13.2 Å². The third-order valence-electron chi connectivity index (χ3n) is 3.42. The van der Waals surface area contributed by atoms with Crippen LogP contribution in [0.3, 0.4) is 0 Å². The van der Waals surface area contributed by atoms with Crippen molar-refractivity contribution in [2.24, 2.45) is 0 Å². The second-order valence-corrected chi connectivity index (χ2v) is 5.45. The number of para-hydroxylation sites is 1. The first-order chi connectivity index (χ1) is 11.7. The summed E-state index contributed by atoms with van der Waals surface area (Å²) in [5, 5.41) is 3.18. The summed E-state index contributed by atoms with van der Waals surface area (Å²) in [6, 6.07) is 10.7. The minimum Gasteiger partial charge on any atom is -0.493 e. The molecule has 0 fully saturated rings. The van der Waals surface area contributed by atoms with Crippen LogP contribution in [0.1, 0.15) is 5.56 Å². The standard InChI is InChI=1S/C18H16ClNO4/c1-22-18-13(19)3-2-4-14(18)20-17(21)8-6-12-5-7-15-16(11-12)24-10-9-23-15/h2-8,11H,9-10H2,1H3,(H,20,21). The largest absolute Gasteiger partial charge is 0.493 e. The molecule has 1 heterocycles. The van der Waals surface area contributed by atoms with E-state index in [2.05, 4.69) is 5.32 Å². The third-order valence-corrected chi connectivity index (χ3v) is 3.72. The molecule has 1 amide bonds. The zero-order valence-electron chi connectivity index (χ0n) is 13.0. The van der Waals surface area contributed by atoms with Crippen molar-refractivity contribution in [2.45, 2.75) is 0 Å². The Hall–Kier alpha value is -2.66. The molecule has 1 aliphatic heterocycles. The lowest BCUT2D eigenvalue weighted by Gasteiger charge is -2.18. The van der Waals surface area contributed by atoms with Gasteiger partial charge in [-0.1, -0.05) is 23.7 Å². The van der Waals surface area contributed by atoms with Crippen LogP contribution >= 0.6 is 11.6 Å². The lowest BCUT2D eigenvalue weighted by molar-refractivity contribution is -0.111. The number of methoxy groups -OCH3 is 1. The molecule has 3 rings (SSSR count). The molecule has 24 heavy (non-hydrogen) atoms. The molecule has 0 aliphatic carbocycles. The summed E-state index contributed by atoms with van der Waals surface area (Å²) in [6.07, 6.45) is 3.14. The Morgan fingerprint density at radius 3 is 2.79 bits per heavy atom. The summed E-state index contributed by atoms with van der Waals surface area (Å²) in [6.45, 7) is 1.07. The number of anilines is 1. The van der Waals surface area contributed by atoms with Crippen molar-refractivity contribution < 1.29 is 19.0 Å². The first kappa shape index (κ1) is 16.2. The number of halogens is 1. The van der Waals surface area contributed by atoms with E-state index < -0.39 is 0 Å². The smallest absolute Gasteiger partial charge is 0.248 e. The van der Waals surface area contributed by atoms with Gasteiger partial charge in [-0.25, -0.2) is 0 Å². The minimum atomic E-state index is -0.287. The van der Waals surface area contributed by atoms with Crippen molar-refractivity contribution in [1.82, 2.24) is 0 Å². The van der Waals surface area contributed by atoms with Gasteiger partial charge in [0.2, 0.25) is 5.91 Å². The maximum absolute atomic E-state index is 12.1. The number of benzene rings is 2. The van der Waals surface area contributed by atoms with Crippen LogP contribution < -0.4 is 19.5 Å². The van der Waals surface area contributed by atoms with Crippen LogP contribution in [0.25, 0.3) is 6.08 Å². The Labute approximate surface area is 144 Å². The van der Waals surface area contributed by atoms with Crippen molar-refractivity contribution in [3.63, 3.8) is 0 Å². The quantitative estimate of drug-likeness (QED) is 0.857. The highest BCUT2D eigenvalue weighted by molar-refractivity contribution is 6.32. The fourth-order valence-electron chi connectivity index (χ4n) is 2.32. The second-order valence-electron chi connectivity index (χ2n) is 5.05. The molecule has 0 atom stereocenters. The lowest BCUT2D eigenvalue weighted by atomic mass is 10.2. The van der Waals surface area contributed by atoms with Gasteiger partial charge >= 0.3 is 0 Å². The number of carbonyl (C=O) groups is 1. The number of ether oxygens (including phenoxy) is 3. The number of nitrogens with one attached hydrogen (secondary N) is 1. The molecule has 2 aromatic carbocycles. The minimum absolute atomic E-state index is 0.287. The number of fused-ring (bicyclic) bond motifs is 1. The van der Waals surface area contributed by atoms with Gasteiger partial charge in [-0.2, -0.15) is 0 Å². The molecule has 2 aromatic rings. The fourth-order valence-corrected chi connectivity index (χ4v) is 2.58. The maximum Gasteiger partial charge on any atom is 0.248 e. The zero-order chi connectivity index (χ0) is 16.9. The van der Waals surface area contributed by atoms with Crippen LogP contribution in [-0.2, 0) is 4.79 Å². The molecule has 0 saturated carbocycles. The van der Waals surface area contributed by atoms with E-state index in [4.69, 9.17) is 25.8 Å². The number of rotatable bonds is 4. The van der Waals surface area contributed by atoms with Crippen LogP contribution in [-0.4, -0.2) is 26.2 Å². The third kappa shape index (κ3) is 3.63. The van der Waals surface area contributed by atoms with Gasteiger partial charge in [-0.15, -0.1) is 0 Å². The molecule has 0 saturated heterocycles. The number of hydrogen-bond acceptors (Lipinski definition) is 4. The molecule has 1 N–H and O–H groups in total. The van der Waals surface area contributed by atoms with E-state index in [9.17, 15) is 4.79 Å². The van der Waals surface area contributed by atoms with E-state index in [0.29, 0.717) is 41.2 Å². The number of amides is 1. The van der Waals surface area contributed by atoms with Crippen molar-refractivity contribution in [3.05, 3.63) is 53.1 Å². The SMILES string of the molecule is COc1c(Cl)cccc1NC(=O)C=Cc1ccc2c(c1)OCCO2. The highest BCUT2D eigenvalue weighted by Gasteiger charge is 2.11. The van der Waals surface area contributed by atoms with E-state index in [1.54, 1.807) is 24.3 Å². The number of carbonyl (C=O) groups excluding carboxylic acids is 1. The number of hydrogen-bond donors (Lipinski definition) is 1. The van der Waals surface area contributed by atoms with Gasteiger partial charge in [0.25, 0.3) is 0 Å². The second kappa shape index (κ2) is 7.27. The van der Waals surface area contributed by atoms with Crippen molar-refractivity contribution in [2.75, 3.05) is 25.6 Å². The highest BCUT2D eigenvalue weighted by atomic mass is 35.5. The summed E-state index contributed by atoms with van der Waals surface area (Å²) < 4.78 is 16.2. The molecule has 124 valence electrons. The summed E-state index contributed by atoms with van der Waals surface area (Å²) in [5.41, 5.74) is 1.36. The van der Waals surface area contributed by atoms with Crippen LogP contribution in [0.15, 0.2) is 42.5 Å². The van der Waals surface area contributed by atoms with Gasteiger partial charge < -0.3 is 19.5 Å². The zero-order valence-corrected chi connectivity index (χ0v) is 13.8. The molecule has 5 nitrogen and oxygen atoms in total. The van der Waals surface area contributed by atoms with E-state index in [0.717, 1.165) is 5.56 Å². The fraction of sp³-hybridized carbons (Fsp3) is 0.167. The summed E-state index contributed by atoms with van der Waals surface area (Å²) in [7, 11) is 1.50. The Balaban J connectivity index is 1.71. The van der Waals surface area contributed by atoms with Crippen molar-refractivity contribution in [3.8, 4) is 17.2 Å². The highest BCUT2D eigenvalue weighted by Crippen LogP contribution is 2.33. The summed E-state index contributed by atoms with van der Waals surface area (Å²) in [5.74, 6) is 1.54. The van der Waals surface area contributed by atoms with Crippen molar-refractivity contribution >= 4 is 29.3 Å².